The number of nitrogens with zero attached hydrogens (tertiary/aromatic N) is 6. The number of aromatic amines is 1. The van der Waals surface area contributed by atoms with Crippen LogP contribution >= 0.6 is 0 Å². The zero-order valence-electron chi connectivity index (χ0n) is 13.4. The first-order valence-corrected chi connectivity index (χ1v) is 8.08. The van der Waals surface area contributed by atoms with Gasteiger partial charge in [-0.3, -0.25) is 4.57 Å². The molecule has 0 saturated carbocycles. The number of halogens is 2. The fraction of sp³-hybridized carbons (Fsp3) is 0.375. The van der Waals surface area contributed by atoms with E-state index in [2.05, 4.69) is 25.6 Å². The van der Waals surface area contributed by atoms with Crippen molar-refractivity contribution in [1.82, 2.24) is 30.2 Å². The molecular weight excluding hydrogens is 328 g/mol. The molecule has 1 aliphatic heterocycles. The van der Waals surface area contributed by atoms with Crippen molar-refractivity contribution in [3.8, 4) is 11.5 Å². The van der Waals surface area contributed by atoms with Crippen molar-refractivity contribution in [3.05, 3.63) is 42.1 Å². The van der Waals surface area contributed by atoms with Crippen LogP contribution in [0.2, 0.25) is 0 Å². The summed E-state index contributed by atoms with van der Waals surface area (Å²) in [6.45, 7) is 0.646. The molecule has 1 aliphatic rings. The lowest BCUT2D eigenvalue weighted by atomic mass is 10.1. The normalized spacial score (nSPS) is 17.0. The third kappa shape index (κ3) is 3.21. The van der Waals surface area contributed by atoms with Gasteiger partial charge in [-0.05, 0) is 12.0 Å². The maximum Gasteiger partial charge on any atom is 0.265 e. The predicted molar refractivity (Wildman–Crippen MR) is 87.3 cm³/mol. The molecule has 0 aliphatic carbocycles. The molecule has 0 unspecified atom stereocenters. The Kier molecular flexibility index (Phi) is 3.90. The van der Waals surface area contributed by atoms with Crippen LogP contribution in [0.4, 0.5) is 14.7 Å². The average molecular weight is 345 g/mol. The molecule has 2 aromatic heterocycles. The summed E-state index contributed by atoms with van der Waals surface area (Å²) in [5.41, 5.74) is 1.55. The van der Waals surface area contributed by atoms with E-state index in [0.717, 1.165) is 5.56 Å². The van der Waals surface area contributed by atoms with E-state index in [0.29, 0.717) is 37.0 Å². The Morgan fingerprint density at radius 2 is 2.00 bits per heavy atom. The summed E-state index contributed by atoms with van der Waals surface area (Å²) in [6.07, 6.45) is 1.87. The molecule has 1 saturated heterocycles. The molecule has 0 spiro atoms. The minimum absolute atomic E-state index is 0.0908. The Hall–Kier alpha value is -2.84. The fourth-order valence-electron chi connectivity index (χ4n) is 3.08. The van der Waals surface area contributed by atoms with Crippen LogP contribution in [-0.2, 0) is 6.54 Å². The van der Waals surface area contributed by atoms with E-state index < -0.39 is 5.92 Å². The van der Waals surface area contributed by atoms with Crippen molar-refractivity contribution in [3.63, 3.8) is 0 Å². The van der Waals surface area contributed by atoms with Gasteiger partial charge in [0.1, 0.15) is 5.69 Å². The molecule has 0 atom stereocenters. The quantitative estimate of drug-likeness (QED) is 0.785. The minimum Gasteiger partial charge on any atom is -0.335 e. The van der Waals surface area contributed by atoms with Crippen molar-refractivity contribution in [2.45, 2.75) is 25.3 Å². The highest BCUT2D eigenvalue weighted by Crippen LogP contribution is 2.31. The van der Waals surface area contributed by atoms with Crippen LogP contribution in [0.15, 0.2) is 36.5 Å². The van der Waals surface area contributed by atoms with Crippen molar-refractivity contribution in [2.75, 3.05) is 18.0 Å². The summed E-state index contributed by atoms with van der Waals surface area (Å²) in [5, 5.41) is 18.8. The van der Waals surface area contributed by atoms with Gasteiger partial charge < -0.3 is 4.90 Å². The van der Waals surface area contributed by atoms with Crippen LogP contribution in [0.25, 0.3) is 11.5 Å². The average Bonchev–Trinajstić information content (AvgIpc) is 3.24. The third-order valence-electron chi connectivity index (χ3n) is 4.23. The number of hydrogen-bond donors (Lipinski definition) is 1. The summed E-state index contributed by atoms with van der Waals surface area (Å²) >= 11 is 0. The molecule has 4 rings (SSSR count). The third-order valence-corrected chi connectivity index (χ3v) is 4.23. The molecule has 1 N–H and O–H groups in total. The molecule has 1 fully saturated rings. The molecule has 25 heavy (non-hydrogen) atoms. The lowest BCUT2D eigenvalue weighted by molar-refractivity contribution is -0.0122. The monoisotopic (exact) mass is 345 g/mol. The molecule has 7 nitrogen and oxygen atoms in total. The molecule has 3 aromatic rings. The van der Waals surface area contributed by atoms with Crippen molar-refractivity contribution >= 4 is 5.95 Å². The Morgan fingerprint density at radius 1 is 1.16 bits per heavy atom. The van der Waals surface area contributed by atoms with Gasteiger partial charge in [0.25, 0.3) is 5.92 Å². The number of rotatable bonds is 4. The summed E-state index contributed by atoms with van der Waals surface area (Å²) in [6, 6.07) is 9.75. The summed E-state index contributed by atoms with van der Waals surface area (Å²) in [7, 11) is 0. The SMILES string of the molecule is FC1(F)CCCN(c2nnc(-c3cn[nH]n3)n2Cc2ccccc2)C1. The second-order valence-corrected chi connectivity index (χ2v) is 6.13. The standard InChI is InChI=1S/C16H17F2N7/c17-16(18)7-4-8-24(11-16)15-22-21-14(13-9-19-23-20-13)25(15)10-12-5-2-1-3-6-12/h1-3,5-6,9H,4,7-8,10-11H2,(H,19,20,23). The Labute approximate surface area is 142 Å². The first kappa shape index (κ1) is 15.7. The molecule has 130 valence electrons. The Balaban J connectivity index is 1.74. The number of nitrogens with one attached hydrogen (secondary N) is 1. The van der Waals surface area contributed by atoms with E-state index in [9.17, 15) is 8.78 Å². The first-order chi connectivity index (χ1) is 12.1. The highest BCUT2D eigenvalue weighted by Gasteiger charge is 2.37. The van der Waals surface area contributed by atoms with E-state index in [1.165, 1.54) is 0 Å². The minimum atomic E-state index is -2.71. The predicted octanol–water partition coefficient (Wildman–Crippen LogP) is 2.35. The van der Waals surface area contributed by atoms with E-state index >= 15 is 0 Å². The Bertz CT molecular complexity index is 830. The van der Waals surface area contributed by atoms with Gasteiger partial charge in [0.2, 0.25) is 5.95 Å². The molecule has 0 bridgehead atoms. The number of anilines is 1. The van der Waals surface area contributed by atoms with Gasteiger partial charge in [-0.15, -0.1) is 10.2 Å². The molecule has 9 heteroatoms. The second kappa shape index (κ2) is 6.23. The van der Waals surface area contributed by atoms with Crippen LogP contribution < -0.4 is 4.90 Å². The first-order valence-electron chi connectivity index (χ1n) is 8.08. The molecule has 0 radical (unpaired) electrons. The Morgan fingerprint density at radius 3 is 2.72 bits per heavy atom. The number of piperidine rings is 1. The lowest BCUT2D eigenvalue weighted by Crippen LogP contribution is -2.43. The highest BCUT2D eigenvalue weighted by atomic mass is 19.3. The molecule has 1 aromatic carbocycles. The smallest absolute Gasteiger partial charge is 0.265 e. The zero-order chi connectivity index (χ0) is 17.3. The van der Waals surface area contributed by atoms with Crippen LogP contribution in [-0.4, -0.2) is 49.2 Å². The zero-order valence-corrected chi connectivity index (χ0v) is 13.4. The molecular formula is C16H17F2N7. The van der Waals surface area contributed by atoms with Gasteiger partial charge in [0, 0.05) is 13.0 Å². The maximum absolute atomic E-state index is 13.9. The van der Waals surface area contributed by atoms with Gasteiger partial charge in [-0.1, -0.05) is 30.3 Å². The lowest BCUT2D eigenvalue weighted by Gasteiger charge is -2.33. The number of benzene rings is 1. The van der Waals surface area contributed by atoms with Gasteiger partial charge in [-0.25, -0.2) is 8.78 Å². The number of alkyl halides is 2. The maximum atomic E-state index is 13.9. The van der Waals surface area contributed by atoms with E-state index in [4.69, 9.17) is 0 Å². The van der Waals surface area contributed by atoms with Gasteiger partial charge in [0.05, 0.1) is 19.3 Å². The summed E-state index contributed by atoms with van der Waals surface area (Å²) in [4.78, 5) is 1.60. The largest absolute Gasteiger partial charge is 0.335 e. The van der Waals surface area contributed by atoms with Gasteiger partial charge >= 0.3 is 0 Å². The van der Waals surface area contributed by atoms with Crippen LogP contribution in [0, 0.1) is 0 Å². The summed E-state index contributed by atoms with van der Waals surface area (Å²) < 4.78 is 29.5. The second-order valence-electron chi connectivity index (χ2n) is 6.13. The van der Waals surface area contributed by atoms with E-state index in [1.807, 2.05) is 34.9 Å². The number of hydrogen-bond acceptors (Lipinski definition) is 5. The van der Waals surface area contributed by atoms with Crippen molar-refractivity contribution in [2.24, 2.45) is 0 Å². The van der Waals surface area contributed by atoms with Crippen LogP contribution in [0.3, 0.4) is 0 Å². The molecule has 0 amide bonds. The van der Waals surface area contributed by atoms with Crippen molar-refractivity contribution < 1.29 is 8.78 Å². The van der Waals surface area contributed by atoms with Crippen molar-refractivity contribution in [1.29, 1.82) is 0 Å². The van der Waals surface area contributed by atoms with Crippen LogP contribution in [0.5, 0.6) is 0 Å². The topological polar surface area (TPSA) is 75.5 Å². The van der Waals surface area contributed by atoms with E-state index in [1.54, 1.807) is 11.1 Å². The summed E-state index contributed by atoms with van der Waals surface area (Å²) in [5.74, 6) is -1.78. The van der Waals surface area contributed by atoms with Gasteiger partial charge in [0.15, 0.2) is 5.82 Å². The molecule has 3 heterocycles. The number of H-pyrrole nitrogens is 1. The van der Waals surface area contributed by atoms with Crippen LogP contribution in [0.1, 0.15) is 18.4 Å². The highest BCUT2D eigenvalue weighted by molar-refractivity contribution is 5.52. The fourth-order valence-corrected chi connectivity index (χ4v) is 3.08. The van der Waals surface area contributed by atoms with E-state index in [-0.39, 0.29) is 13.0 Å². The van der Waals surface area contributed by atoms with Gasteiger partial charge in [-0.2, -0.15) is 15.4 Å². The number of aromatic nitrogens is 6.